The summed E-state index contributed by atoms with van der Waals surface area (Å²) in [5.74, 6) is 1.89. The molecule has 4 heteroatoms. The van der Waals surface area contributed by atoms with Crippen LogP contribution in [0.1, 0.15) is 22.9 Å². The van der Waals surface area contributed by atoms with Gasteiger partial charge in [-0.1, -0.05) is 30.3 Å². The zero-order valence-electron chi connectivity index (χ0n) is 9.48. The molecule has 0 fully saturated rings. The van der Waals surface area contributed by atoms with Gasteiger partial charge in [-0.3, -0.25) is 0 Å². The van der Waals surface area contributed by atoms with Gasteiger partial charge in [0, 0.05) is 25.9 Å². The van der Waals surface area contributed by atoms with Crippen LogP contribution in [-0.2, 0) is 19.4 Å². The van der Waals surface area contributed by atoms with Crippen molar-refractivity contribution < 1.29 is 4.42 Å². The van der Waals surface area contributed by atoms with Gasteiger partial charge in [0.25, 0.3) is 0 Å². The fourth-order valence-corrected chi connectivity index (χ4v) is 2.03. The van der Waals surface area contributed by atoms with Crippen molar-refractivity contribution in [2.75, 3.05) is 6.54 Å². The minimum absolute atomic E-state index is 0. The van der Waals surface area contributed by atoms with Gasteiger partial charge in [-0.15, -0.1) is 12.4 Å². The molecule has 0 aliphatic carbocycles. The lowest BCUT2D eigenvalue weighted by Gasteiger charge is -2.08. The molecular formula is C13H15ClN2O. The first-order valence-electron chi connectivity index (χ1n) is 5.64. The van der Waals surface area contributed by atoms with Crippen LogP contribution < -0.4 is 5.32 Å². The highest BCUT2D eigenvalue weighted by molar-refractivity contribution is 5.85. The first kappa shape index (κ1) is 12.1. The van der Waals surface area contributed by atoms with E-state index in [-0.39, 0.29) is 12.4 Å². The zero-order valence-corrected chi connectivity index (χ0v) is 10.3. The highest BCUT2D eigenvalue weighted by atomic mass is 35.5. The largest absolute Gasteiger partial charge is 0.445 e. The molecule has 1 aliphatic rings. The van der Waals surface area contributed by atoms with Gasteiger partial charge in [-0.2, -0.15) is 0 Å². The van der Waals surface area contributed by atoms with Crippen molar-refractivity contribution in [2.45, 2.75) is 19.4 Å². The molecule has 3 nitrogen and oxygen atoms in total. The summed E-state index contributed by atoms with van der Waals surface area (Å²) in [6.45, 7) is 1.83. The Morgan fingerprint density at radius 1 is 1.24 bits per heavy atom. The van der Waals surface area contributed by atoms with Crippen LogP contribution in [0.25, 0.3) is 0 Å². The van der Waals surface area contributed by atoms with E-state index in [1.165, 1.54) is 5.56 Å². The Balaban J connectivity index is 0.00000108. The van der Waals surface area contributed by atoms with E-state index in [1.54, 1.807) is 0 Å². The molecule has 0 amide bonds. The van der Waals surface area contributed by atoms with E-state index in [1.807, 2.05) is 18.2 Å². The summed E-state index contributed by atoms with van der Waals surface area (Å²) in [5.41, 5.74) is 2.33. The molecular weight excluding hydrogens is 236 g/mol. The number of aromatic nitrogens is 1. The Labute approximate surface area is 107 Å². The van der Waals surface area contributed by atoms with Gasteiger partial charge in [0.2, 0.25) is 0 Å². The van der Waals surface area contributed by atoms with Crippen LogP contribution in [0, 0.1) is 0 Å². The van der Waals surface area contributed by atoms with Crippen molar-refractivity contribution in [2.24, 2.45) is 0 Å². The predicted molar refractivity (Wildman–Crippen MR) is 68.4 cm³/mol. The molecule has 0 radical (unpaired) electrons. The summed E-state index contributed by atoms with van der Waals surface area (Å²) in [6.07, 6.45) is 1.74. The second kappa shape index (κ2) is 5.34. The number of oxazole rings is 1. The first-order chi connectivity index (χ1) is 7.92. The average Bonchev–Trinajstić information content (AvgIpc) is 2.72. The minimum Gasteiger partial charge on any atom is -0.445 e. The normalized spacial score (nSPS) is 13.9. The second-order valence-electron chi connectivity index (χ2n) is 4.07. The van der Waals surface area contributed by atoms with E-state index < -0.39 is 0 Å². The van der Waals surface area contributed by atoms with Crippen molar-refractivity contribution in [3.05, 3.63) is 53.2 Å². The van der Waals surface area contributed by atoms with Gasteiger partial charge in [-0.25, -0.2) is 4.98 Å². The summed E-state index contributed by atoms with van der Waals surface area (Å²) in [7, 11) is 0. The monoisotopic (exact) mass is 250 g/mol. The maximum absolute atomic E-state index is 5.76. The van der Waals surface area contributed by atoms with Gasteiger partial charge in [0.1, 0.15) is 5.76 Å². The van der Waals surface area contributed by atoms with Crippen LogP contribution in [-0.4, -0.2) is 11.5 Å². The molecule has 0 spiro atoms. The summed E-state index contributed by atoms with van der Waals surface area (Å²) >= 11 is 0. The quantitative estimate of drug-likeness (QED) is 0.889. The van der Waals surface area contributed by atoms with E-state index >= 15 is 0 Å². The van der Waals surface area contributed by atoms with Gasteiger partial charge < -0.3 is 9.73 Å². The molecule has 0 atom stereocenters. The fraction of sp³-hybridized carbons (Fsp3) is 0.308. The number of benzene rings is 1. The number of nitrogens with one attached hydrogen (secondary N) is 1. The summed E-state index contributed by atoms with van der Waals surface area (Å²) in [5, 5.41) is 3.30. The fourth-order valence-electron chi connectivity index (χ4n) is 2.03. The van der Waals surface area contributed by atoms with Crippen LogP contribution in [0.15, 0.2) is 34.7 Å². The Kier molecular flexibility index (Phi) is 3.82. The topological polar surface area (TPSA) is 38.1 Å². The molecule has 3 rings (SSSR count). The maximum Gasteiger partial charge on any atom is 0.199 e. The Morgan fingerprint density at radius 2 is 2.06 bits per heavy atom. The predicted octanol–water partition coefficient (Wildman–Crippen LogP) is 2.33. The van der Waals surface area contributed by atoms with Crippen molar-refractivity contribution in [3.8, 4) is 0 Å². The maximum atomic E-state index is 5.76. The molecule has 90 valence electrons. The number of nitrogens with zero attached hydrogens (tertiary/aromatic N) is 1. The Hall–Kier alpha value is -1.32. The molecule has 0 bridgehead atoms. The SMILES string of the molecule is Cl.c1ccc(Cc2nc3c(o2)CCNC3)cc1. The average molecular weight is 251 g/mol. The van der Waals surface area contributed by atoms with E-state index in [0.29, 0.717) is 0 Å². The van der Waals surface area contributed by atoms with Gasteiger partial charge in [0.05, 0.1) is 5.69 Å². The molecule has 1 aliphatic heterocycles. The third kappa shape index (κ3) is 2.68. The van der Waals surface area contributed by atoms with Crippen molar-refractivity contribution in [1.29, 1.82) is 0 Å². The molecule has 1 aromatic carbocycles. The van der Waals surface area contributed by atoms with Gasteiger partial charge in [0.15, 0.2) is 5.89 Å². The first-order valence-corrected chi connectivity index (χ1v) is 5.64. The van der Waals surface area contributed by atoms with Crippen LogP contribution in [0.5, 0.6) is 0 Å². The van der Waals surface area contributed by atoms with E-state index in [2.05, 4.69) is 22.4 Å². The van der Waals surface area contributed by atoms with Crippen molar-refractivity contribution in [3.63, 3.8) is 0 Å². The molecule has 2 aromatic rings. The Morgan fingerprint density at radius 3 is 2.82 bits per heavy atom. The summed E-state index contributed by atoms with van der Waals surface area (Å²) in [6, 6.07) is 10.3. The highest BCUT2D eigenvalue weighted by Gasteiger charge is 2.16. The van der Waals surface area contributed by atoms with E-state index in [0.717, 1.165) is 43.3 Å². The highest BCUT2D eigenvalue weighted by Crippen LogP contribution is 2.17. The number of hydrogen-bond donors (Lipinski definition) is 1. The summed E-state index contributed by atoms with van der Waals surface area (Å²) in [4.78, 5) is 4.52. The molecule has 0 saturated carbocycles. The molecule has 2 heterocycles. The standard InChI is InChI=1S/C13H14N2O.ClH/c1-2-4-10(5-3-1)8-13-15-11-9-14-7-6-12(11)16-13;/h1-5,14H,6-9H2;1H. The molecule has 0 saturated heterocycles. The lowest BCUT2D eigenvalue weighted by atomic mass is 10.1. The minimum atomic E-state index is 0. The molecule has 17 heavy (non-hydrogen) atoms. The van der Waals surface area contributed by atoms with Crippen LogP contribution in [0.4, 0.5) is 0 Å². The molecule has 1 N–H and O–H groups in total. The third-order valence-corrected chi connectivity index (χ3v) is 2.84. The van der Waals surface area contributed by atoms with Crippen LogP contribution >= 0.6 is 12.4 Å². The van der Waals surface area contributed by atoms with Crippen molar-refractivity contribution in [1.82, 2.24) is 10.3 Å². The number of fused-ring (bicyclic) bond motifs is 1. The third-order valence-electron chi connectivity index (χ3n) is 2.84. The number of rotatable bonds is 2. The lowest BCUT2D eigenvalue weighted by Crippen LogP contribution is -2.22. The van der Waals surface area contributed by atoms with Crippen LogP contribution in [0.3, 0.4) is 0 Å². The van der Waals surface area contributed by atoms with E-state index in [4.69, 9.17) is 4.42 Å². The lowest BCUT2D eigenvalue weighted by molar-refractivity contribution is 0.445. The van der Waals surface area contributed by atoms with E-state index in [9.17, 15) is 0 Å². The Bertz CT molecular complexity index is 458. The summed E-state index contributed by atoms with van der Waals surface area (Å²) < 4.78 is 5.76. The smallest absolute Gasteiger partial charge is 0.199 e. The van der Waals surface area contributed by atoms with Gasteiger partial charge in [-0.05, 0) is 5.56 Å². The van der Waals surface area contributed by atoms with Crippen LogP contribution in [0.2, 0.25) is 0 Å². The second-order valence-corrected chi connectivity index (χ2v) is 4.07. The molecule has 1 aromatic heterocycles. The zero-order chi connectivity index (χ0) is 10.8. The van der Waals surface area contributed by atoms with Crippen molar-refractivity contribution >= 4 is 12.4 Å². The number of hydrogen-bond acceptors (Lipinski definition) is 3. The number of halogens is 1. The molecule has 0 unspecified atom stereocenters. The van der Waals surface area contributed by atoms with Gasteiger partial charge >= 0.3 is 0 Å².